The van der Waals surface area contributed by atoms with E-state index in [2.05, 4.69) is 26.9 Å². The Labute approximate surface area is 168 Å². The fraction of sp³-hybridized carbons (Fsp3) is 0.727. The number of amides is 1. The molecule has 1 spiro atoms. The summed E-state index contributed by atoms with van der Waals surface area (Å²) in [5.74, 6) is 1.33. The van der Waals surface area contributed by atoms with Crippen molar-refractivity contribution < 1.29 is 9.53 Å². The molecule has 4 heterocycles. The maximum absolute atomic E-state index is 12.4. The standard InChI is InChI=1S/C22H34N4O2/c1-24(2)20-6-5-18(14-23-20)15-25-11-9-22(10-12-25)8-7-21(27)26(17-22)16-19-4-3-13-28-19/h5-6,14,19H,3-4,7-13,15-17H2,1-2H3. The molecule has 1 unspecified atom stereocenters. The molecule has 3 aliphatic heterocycles. The highest BCUT2D eigenvalue weighted by Gasteiger charge is 2.41. The highest BCUT2D eigenvalue weighted by Crippen LogP contribution is 2.40. The highest BCUT2D eigenvalue weighted by molar-refractivity contribution is 5.77. The Kier molecular flexibility index (Phi) is 5.88. The second-order valence-electron chi connectivity index (χ2n) is 9.10. The molecule has 3 aliphatic rings. The molecule has 0 bridgehead atoms. The van der Waals surface area contributed by atoms with Crippen LogP contribution in [0.2, 0.25) is 0 Å². The zero-order valence-corrected chi connectivity index (χ0v) is 17.4. The lowest BCUT2D eigenvalue weighted by molar-refractivity contribution is -0.141. The van der Waals surface area contributed by atoms with E-state index in [0.717, 1.165) is 64.4 Å². The summed E-state index contributed by atoms with van der Waals surface area (Å²) in [4.78, 5) is 23.7. The second kappa shape index (κ2) is 8.37. The first-order valence-electron chi connectivity index (χ1n) is 10.8. The molecule has 4 rings (SSSR count). The van der Waals surface area contributed by atoms with E-state index in [9.17, 15) is 4.79 Å². The molecule has 6 heteroatoms. The maximum atomic E-state index is 12.4. The summed E-state index contributed by atoms with van der Waals surface area (Å²) in [6, 6.07) is 4.28. The Morgan fingerprint density at radius 2 is 2.07 bits per heavy atom. The van der Waals surface area contributed by atoms with Crippen molar-refractivity contribution in [3.63, 3.8) is 0 Å². The van der Waals surface area contributed by atoms with Crippen LogP contribution in [0.5, 0.6) is 0 Å². The predicted molar refractivity (Wildman–Crippen MR) is 110 cm³/mol. The summed E-state index contributed by atoms with van der Waals surface area (Å²) in [7, 11) is 4.03. The van der Waals surface area contributed by atoms with Crippen LogP contribution in [0.3, 0.4) is 0 Å². The fourth-order valence-electron chi connectivity index (χ4n) is 4.93. The third-order valence-electron chi connectivity index (χ3n) is 6.79. The first-order valence-corrected chi connectivity index (χ1v) is 10.8. The predicted octanol–water partition coefficient (Wildman–Crippen LogP) is 2.53. The summed E-state index contributed by atoms with van der Waals surface area (Å²) in [5.41, 5.74) is 1.59. The molecule has 0 N–H and O–H groups in total. The Morgan fingerprint density at radius 1 is 1.25 bits per heavy atom. The monoisotopic (exact) mass is 386 g/mol. The largest absolute Gasteiger partial charge is 0.376 e. The van der Waals surface area contributed by atoms with Crippen LogP contribution in [-0.2, 0) is 16.1 Å². The summed E-state index contributed by atoms with van der Waals surface area (Å²) >= 11 is 0. The number of likely N-dealkylation sites (tertiary alicyclic amines) is 2. The number of pyridine rings is 1. The Hall–Kier alpha value is -1.66. The number of ether oxygens (including phenoxy) is 1. The van der Waals surface area contributed by atoms with Crippen LogP contribution in [0.15, 0.2) is 18.3 Å². The van der Waals surface area contributed by atoms with Crippen molar-refractivity contribution in [3.05, 3.63) is 23.9 Å². The molecule has 0 aliphatic carbocycles. The van der Waals surface area contributed by atoms with Crippen LogP contribution in [-0.4, -0.2) is 73.7 Å². The van der Waals surface area contributed by atoms with E-state index < -0.39 is 0 Å². The van der Waals surface area contributed by atoms with Crippen molar-refractivity contribution in [2.75, 3.05) is 51.8 Å². The minimum absolute atomic E-state index is 0.261. The lowest BCUT2D eigenvalue weighted by Gasteiger charge is -2.48. The van der Waals surface area contributed by atoms with E-state index in [-0.39, 0.29) is 6.10 Å². The summed E-state index contributed by atoms with van der Waals surface area (Å²) in [6.07, 6.45) is 8.64. The van der Waals surface area contributed by atoms with E-state index in [0.29, 0.717) is 17.7 Å². The molecule has 1 atom stereocenters. The number of hydrogen-bond donors (Lipinski definition) is 0. The highest BCUT2D eigenvalue weighted by atomic mass is 16.5. The molecule has 154 valence electrons. The van der Waals surface area contributed by atoms with E-state index in [1.807, 2.05) is 25.2 Å². The van der Waals surface area contributed by atoms with Crippen LogP contribution < -0.4 is 4.90 Å². The van der Waals surface area contributed by atoms with Crippen LogP contribution >= 0.6 is 0 Å². The van der Waals surface area contributed by atoms with E-state index in [4.69, 9.17) is 4.74 Å². The van der Waals surface area contributed by atoms with Crippen molar-refractivity contribution in [2.45, 2.75) is 51.2 Å². The van der Waals surface area contributed by atoms with Crippen LogP contribution in [0.1, 0.15) is 44.1 Å². The number of piperidine rings is 2. The molecular weight excluding hydrogens is 352 g/mol. The Bertz CT molecular complexity index is 662. The van der Waals surface area contributed by atoms with Gasteiger partial charge in [0.15, 0.2) is 0 Å². The summed E-state index contributed by atoms with van der Waals surface area (Å²) in [6.45, 7) is 5.77. The van der Waals surface area contributed by atoms with Crippen molar-refractivity contribution in [2.24, 2.45) is 5.41 Å². The van der Waals surface area contributed by atoms with Gasteiger partial charge in [-0.25, -0.2) is 4.98 Å². The summed E-state index contributed by atoms with van der Waals surface area (Å²) in [5, 5.41) is 0. The minimum atomic E-state index is 0.261. The number of aromatic nitrogens is 1. The molecule has 0 aromatic carbocycles. The molecule has 1 aromatic rings. The lowest BCUT2D eigenvalue weighted by atomic mass is 9.72. The minimum Gasteiger partial charge on any atom is -0.376 e. The van der Waals surface area contributed by atoms with Gasteiger partial charge in [0.25, 0.3) is 0 Å². The third kappa shape index (κ3) is 4.49. The second-order valence-corrected chi connectivity index (χ2v) is 9.10. The van der Waals surface area contributed by atoms with Crippen LogP contribution in [0.25, 0.3) is 0 Å². The van der Waals surface area contributed by atoms with Crippen molar-refractivity contribution >= 4 is 11.7 Å². The van der Waals surface area contributed by atoms with Gasteiger partial charge in [0.05, 0.1) is 6.10 Å². The molecule has 6 nitrogen and oxygen atoms in total. The van der Waals surface area contributed by atoms with Crippen molar-refractivity contribution in [1.29, 1.82) is 0 Å². The zero-order chi connectivity index (χ0) is 19.6. The summed E-state index contributed by atoms with van der Waals surface area (Å²) < 4.78 is 5.78. The molecular formula is C22H34N4O2. The van der Waals surface area contributed by atoms with Gasteiger partial charge in [0.2, 0.25) is 5.91 Å². The number of hydrogen-bond acceptors (Lipinski definition) is 5. The quantitative estimate of drug-likeness (QED) is 0.778. The Morgan fingerprint density at radius 3 is 2.71 bits per heavy atom. The van der Waals surface area contributed by atoms with Gasteiger partial charge in [-0.05, 0) is 62.2 Å². The average Bonchev–Trinajstić information content (AvgIpc) is 3.20. The SMILES string of the molecule is CN(C)c1ccc(CN2CCC3(CCC(=O)N(CC4CCCO4)C3)CC2)cn1. The van der Waals surface area contributed by atoms with Crippen molar-refractivity contribution in [1.82, 2.24) is 14.8 Å². The molecule has 3 saturated heterocycles. The van der Waals surface area contributed by atoms with Gasteiger partial charge in [0.1, 0.15) is 5.82 Å². The van der Waals surface area contributed by atoms with Gasteiger partial charge in [-0.2, -0.15) is 0 Å². The number of anilines is 1. The fourth-order valence-corrected chi connectivity index (χ4v) is 4.93. The third-order valence-corrected chi connectivity index (χ3v) is 6.79. The van der Waals surface area contributed by atoms with Gasteiger partial charge in [-0.1, -0.05) is 6.07 Å². The molecule has 0 saturated carbocycles. The number of nitrogens with zero attached hydrogens (tertiary/aromatic N) is 4. The smallest absolute Gasteiger partial charge is 0.222 e. The van der Waals surface area contributed by atoms with Gasteiger partial charge < -0.3 is 14.5 Å². The number of carbonyl (C=O) groups excluding carboxylic acids is 1. The van der Waals surface area contributed by atoms with E-state index in [1.54, 1.807) is 0 Å². The number of rotatable bonds is 5. The van der Waals surface area contributed by atoms with E-state index in [1.165, 1.54) is 18.4 Å². The Balaban J connectivity index is 1.30. The molecule has 3 fully saturated rings. The van der Waals surface area contributed by atoms with Crippen LogP contribution in [0, 0.1) is 5.41 Å². The molecule has 1 aromatic heterocycles. The first kappa shape index (κ1) is 19.6. The van der Waals surface area contributed by atoms with Crippen molar-refractivity contribution in [3.8, 4) is 0 Å². The van der Waals surface area contributed by atoms with Gasteiger partial charge >= 0.3 is 0 Å². The van der Waals surface area contributed by atoms with Gasteiger partial charge in [-0.3, -0.25) is 9.69 Å². The number of carbonyl (C=O) groups is 1. The topological polar surface area (TPSA) is 48.9 Å². The van der Waals surface area contributed by atoms with E-state index >= 15 is 0 Å². The normalized spacial score (nSPS) is 25.4. The van der Waals surface area contributed by atoms with Gasteiger partial charge in [-0.15, -0.1) is 0 Å². The lowest BCUT2D eigenvalue weighted by Crippen LogP contribution is -2.52. The maximum Gasteiger partial charge on any atom is 0.222 e. The zero-order valence-electron chi connectivity index (χ0n) is 17.4. The molecule has 1 amide bonds. The first-order chi connectivity index (χ1) is 13.5. The molecule has 28 heavy (non-hydrogen) atoms. The van der Waals surface area contributed by atoms with Gasteiger partial charge in [0, 0.05) is 53.0 Å². The van der Waals surface area contributed by atoms with Crippen LogP contribution in [0.4, 0.5) is 5.82 Å². The average molecular weight is 387 g/mol. The molecule has 0 radical (unpaired) electrons.